The molecule has 0 saturated heterocycles. The van der Waals surface area contributed by atoms with E-state index in [1.54, 1.807) is 24.3 Å². The first-order chi connectivity index (χ1) is 22.2. The maximum absolute atomic E-state index is 14.5. The van der Waals surface area contributed by atoms with Crippen molar-refractivity contribution in [3.05, 3.63) is 157 Å². The van der Waals surface area contributed by atoms with Crippen LogP contribution >= 0.6 is 0 Å². The smallest absolute Gasteiger partial charge is 0.363 e. The molecule has 0 saturated carbocycles. The molecule has 0 aliphatic rings. The van der Waals surface area contributed by atoms with Crippen LogP contribution in [0.4, 0.5) is 8.78 Å². The first-order valence-corrected chi connectivity index (χ1v) is 13.5. The zero-order valence-electron chi connectivity index (χ0n) is 23.2. The minimum absolute atomic E-state index is 0.0260. The molecule has 0 N–H and O–H groups in total. The number of hydrogen-bond acceptors (Lipinski definition) is 9. The van der Waals surface area contributed by atoms with Crippen LogP contribution in [0.15, 0.2) is 120 Å². The second-order valence-corrected chi connectivity index (χ2v) is 9.98. The van der Waals surface area contributed by atoms with Crippen molar-refractivity contribution in [1.29, 1.82) is 0 Å². The topological polar surface area (TPSA) is 138 Å². The third-order valence-electron chi connectivity index (χ3n) is 7.17. The Balaban J connectivity index is 1.67. The van der Waals surface area contributed by atoms with Crippen LogP contribution in [0.3, 0.4) is 0 Å². The molecule has 7 rings (SSSR count). The summed E-state index contributed by atoms with van der Waals surface area (Å²) in [5.41, 5.74) is -6.13. The van der Waals surface area contributed by atoms with E-state index in [-0.39, 0.29) is 33.3 Å². The van der Waals surface area contributed by atoms with Gasteiger partial charge in [-0.15, -0.1) is 0 Å². The average molecular weight is 619 g/mol. The molecule has 3 heterocycles. The van der Waals surface area contributed by atoms with Gasteiger partial charge in [-0.05, 0) is 72.8 Å². The number of nitrogens with zero attached hydrogens (tertiary/aromatic N) is 2. The number of pyridine rings is 1. The highest BCUT2D eigenvalue weighted by Crippen LogP contribution is 2.34. The fourth-order valence-electron chi connectivity index (χ4n) is 5.07. The van der Waals surface area contributed by atoms with E-state index in [2.05, 4.69) is 4.98 Å². The molecule has 0 fully saturated rings. The number of rotatable bonds is 5. The van der Waals surface area contributed by atoms with Gasteiger partial charge >= 0.3 is 17.2 Å². The summed E-state index contributed by atoms with van der Waals surface area (Å²) in [5, 5.41) is 0. The zero-order chi connectivity index (χ0) is 32.1. The number of carbonyl (C=O) groups is 2. The van der Waals surface area contributed by atoms with Gasteiger partial charge in [0.15, 0.2) is 33.9 Å². The molecule has 46 heavy (non-hydrogen) atoms. The quantitative estimate of drug-likeness (QED) is 0.143. The molecular formula is C34H16F2N2O8. The molecule has 3 aromatic heterocycles. The largest absolute Gasteiger partial charge is 0.421 e. The average Bonchev–Trinajstić information content (AvgIpc) is 3.05. The molecule has 0 unspecified atom stereocenters. The van der Waals surface area contributed by atoms with E-state index in [4.69, 9.17) is 13.6 Å². The van der Waals surface area contributed by atoms with E-state index in [1.807, 2.05) is 0 Å². The van der Waals surface area contributed by atoms with E-state index in [0.29, 0.717) is 0 Å². The van der Waals surface area contributed by atoms with E-state index < -0.39 is 68.3 Å². The molecule has 0 bridgehead atoms. The number of para-hydroxylation sites is 4. The van der Waals surface area contributed by atoms with Gasteiger partial charge in [0.2, 0.25) is 0 Å². The van der Waals surface area contributed by atoms with Gasteiger partial charge in [-0.2, -0.15) is 0 Å². The van der Waals surface area contributed by atoms with Gasteiger partial charge in [-0.25, -0.2) is 28.1 Å². The summed E-state index contributed by atoms with van der Waals surface area (Å²) in [6.07, 6.45) is 0. The Morgan fingerprint density at radius 3 is 1.98 bits per heavy atom. The number of hydrogen-bond donors (Lipinski definition) is 0. The fraction of sp³-hybridized carbons (Fsp3) is 0. The number of halogens is 2. The lowest BCUT2D eigenvalue weighted by Gasteiger charge is -2.17. The highest BCUT2D eigenvalue weighted by atomic mass is 19.1. The first-order valence-electron chi connectivity index (χ1n) is 13.5. The second kappa shape index (κ2) is 10.9. The summed E-state index contributed by atoms with van der Waals surface area (Å²) >= 11 is 0. The third kappa shape index (κ3) is 4.65. The Kier molecular flexibility index (Phi) is 6.66. The number of fused-ring (bicyclic) bond motifs is 4. The van der Waals surface area contributed by atoms with Crippen LogP contribution in [-0.4, -0.2) is 21.1 Å². The summed E-state index contributed by atoms with van der Waals surface area (Å²) in [4.78, 5) is 73.5. The molecule has 12 heteroatoms. The molecule has 224 valence electrons. The van der Waals surface area contributed by atoms with E-state index in [0.717, 1.165) is 52.9 Å². The van der Waals surface area contributed by atoms with Crippen molar-refractivity contribution in [1.82, 2.24) is 9.38 Å². The van der Waals surface area contributed by atoms with Crippen molar-refractivity contribution in [3.63, 3.8) is 0 Å². The van der Waals surface area contributed by atoms with Gasteiger partial charge in [-0.3, -0.25) is 14.0 Å². The summed E-state index contributed by atoms with van der Waals surface area (Å²) < 4.78 is 44.9. The fourth-order valence-corrected chi connectivity index (χ4v) is 5.07. The van der Waals surface area contributed by atoms with Crippen molar-refractivity contribution >= 4 is 39.5 Å². The molecule has 7 aromatic rings. The standard InChI is InChI=1S/C34H16F2N2O8/c35-19-13-9-17(10-14-19)29(39)26-28-34(43)45-24-8-4-2-6-22(24)38(28)31(40)25(27-33(42)44-23-7-3-1-5-21(23)37-27)30(26)46-32(41)18-11-15-20(36)16-12-18/h1-16H. The van der Waals surface area contributed by atoms with E-state index >= 15 is 0 Å². The molecule has 0 aliphatic heterocycles. The summed E-state index contributed by atoms with van der Waals surface area (Å²) in [6, 6.07) is 20.5. The van der Waals surface area contributed by atoms with Gasteiger partial charge in [0, 0.05) is 5.56 Å². The number of esters is 1. The van der Waals surface area contributed by atoms with Gasteiger partial charge in [0.1, 0.15) is 22.7 Å². The molecule has 0 atom stereocenters. The third-order valence-corrected chi connectivity index (χ3v) is 7.17. The highest BCUT2D eigenvalue weighted by Gasteiger charge is 2.33. The van der Waals surface area contributed by atoms with Crippen LogP contribution in [0.5, 0.6) is 5.75 Å². The maximum atomic E-state index is 14.5. The minimum atomic E-state index is -1.17. The lowest BCUT2D eigenvalue weighted by atomic mass is 9.98. The predicted octanol–water partition coefficient (Wildman–Crippen LogP) is 5.30. The lowest BCUT2D eigenvalue weighted by molar-refractivity contribution is 0.0733. The van der Waals surface area contributed by atoms with Crippen molar-refractivity contribution < 1.29 is 31.9 Å². The molecule has 0 radical (unpaired) electrons. The predicted molar refractivity (Wildman–Crippen MR) is 160 cm³/mol. The Labute approximate surface area is 254 Å². The van der Waals surface area contributed by atoms with Crippen molar-refractivity contribution in [3.8, 4) is 17.0 Å². The normalized spacial score (nSPS) is 11.3. The highest BCUT2D eigenvalue weighted by molar-refractivity contribution is 6.16. The Morgan fingerprint density at radius 1 is 0.696 bits per heavy atom. The molecule has 10 nitrogen and oxygen atoms in total. The monoisotopic (exact) mass is 618 g/mol. The molecule has 0 amide bonds. The lowest BCUT2D eigenvalue weighted by Crippen LogP contribution is -2.29. The summed E-state index contributed by atoms with van der Waals surface area (Å²) in [7, 11) is 0. The molecule has 0 spiro atoms. The minimum Gasteiger partial charge on any atom is -0.421 e. The van der Waals surface area contributed by atoms with Gasteiger partial charge in [0.05, 0.1) is 16.6 Å². The van der Waals surface area contributed by atoms with Crippen LogP contribution in [0.2, 0.25) is 0 Å². The van der Waals surface area contributed by atoms with Crippen molar-refractivity contribution in [2.24, 2.45) is 0 Å². The zero-order valence-corrected chi connectivity index (χ0v) is 23.2. The summed E-state index contributed by atoms with van der Waals surface area (Å²) in [6.45, 7) is 0. The molecule has 4 aromatic carbocycles. The number of ketones is 1. The second-order valence-electron chi connectivity index (χ2n) is 9.98. The number of benzene rings is 4. The van der Waals surface area contributed by atoms with Gasteiger partial charge in [0.25, 0.3) is 5.56 Å². The van der Waals surface area contributed by atoms with E-state index in [1.165, 1.54) is 24.3 Å². The SMILES string of the molecule is O=C(Oc1c(-c2nc3ccccc3oc2=O)c(=O)n2c(c1C(=O)c1ccc(F)cc1)c(=O)oc1ccccc12)c1ccc(F)cc1. The van der Waals surface area contributed by atoms with Crippen LogP contribution in [0.1, 0.15) is 26.3 Å². The maximum Gasteiger partial charge on any atom is 0.363 e. The van der Waals surface area contributed by atoms with Crippen LogP contribution < -0.4 is 21.5 Å². The van der Waals surface area contributed by atoms with Gasteiger partial charge < -0.3 is 13.6 Å². The Bertz CT molecular complexity index is 2570. The van der Waals surface area contributed by atoms with Crippen LogP contribution in [0, 0.1) is 11.6 Å². The van der Waals surface area contributed by atoms with Crippen molar-refractivity contribution in [2.45, 2.75) is 0 Å². The van der Waals surface area contributed by atoms with Gasteiger partial charge in [-0.1, -0.05) is 24.3 Å². The summed E-state index contributed by atoms with van der Waals surface area (Å²) in [5.74, 6) is -4.30. The van der Waals surface area contributed by atoms with Crippen LogP contribution in [0.25, 0.3) is 39.0 Å². The number of aromatic nitrogens is 2. The number of carbonyl (C=O) groups excluding carboxylic acids is 2. The molecular weight excluding hydrogens is 602 g/mol. The number of ether oxygens (including phenoxy) is 1. The first kappa shape index (κ1) is 28.2. The Hall–Kier alpha value is -6.56. The Morgan fingerprint density at radius 2 is 1.28 bits per heavy atom. The van der Waals surface area contributed by atoms with E-state index in [9.17, 15) is 32.8 Å². The molecule has 0 aliphatic carbocycles. The van der Waals surface area contributed by atoms with Crippen molar-refractivity contribution in [2.75, 3.05) is 0 Å². The van der Waals surface area contributed by atoms with Crippen LogP contribution in [-0.2, 0) is 0 Å².